The van der Waals surface area contributed by atoms with Gasteiger partial charge in [0.2, 0.25) is 0 Å². The molecule has 0 aromatic carbocycles. The summed E-state index contributed by atoms with van der Waals surface area (Å²) in [6, 6.07) is 3.35. The Labute approximate surface area is 101 Å². The first-order valence-electron chi connectivity index (χ1n) is 5.18. The minimum absolute atomic E-state index is 0.174. The normalized spacial score (nSPS) is 11.0. The summed E-state index contributed by atoms with van der Waals surface area (Å²) in [6.45, 7) is 2.12. The average Bonchev–Trinajstić information content (AvgIpc) is 2.15. The summed E-state index contributed by atoms with van der Waals surface area (Å²) in [6.07, 6.45) is 4.78. The van der Waals surface area contributed by atoms with Gasteiger partial charge in [0.05, 0.1) is 13.0 Å². The minimum atomic E-state index is -2.24. The number of carbonyl (C=O) groups excluding carboxylic acids is 1. The van der Waals surface area contributed by atoms with E-state index >= 15 is 0 Å². The Morgan fingerprint density at radius 3 is 2.82 bits per heavy atom. The van der Waals surface area contributed by atoms with E-state index in [1.165, 1.54) is 12.5 Å². The topological polar surface area (TPSA) is 68.6 Å². The molecule has 0 fully saturated rings. The zero-order valence-corrected chi connectivity index (χ0v) is 11.0. The number of esters is 1. The fourth-order valence-electron chi connectivity index (χ4n) is 1.22. The molecule has 94 valence electrons. The standard InChI is InChI=1S/C11H16N2O3S/c1-4-16-11(14)8-9-5-6-12-10(7-9)13-17(2,3)15/h5-7H,4,8H2,1-3H3. The zero-order valence-electron chi connectivity index (χ0n) is 10.2. The molecule has 0 atom stereocenters. The third kappa shape index (κ3) is 5.44. The van der Waals surface area contributed by atoms with Crippen molar-refractivity contribution in [1.29, 1.82) is 0 Å². The Hall–Kier alpha value is -1.43. The van der Waals surface area contributed by atoms with Gasteiger partial charge >= 0.3 is 5.97 Å². The number of hydrogen-bond acceptors (Lipinski definition) is 5. The zero-order chi connectivity index (χ0) is 12.9. The molecule has 0 unspecified atom stereocenters. The van der Waals surface area contributed by atoms with Gasteiger partial charge in [-0.15, -0.1) is 0 Å². The van der Waals surface area contributed by atoms with E-state index in [1.54, 1.807) is 25.3 Å². The quantitative estimate of drug-likeness (QED) is 0.766. The van der Waals surface area contributed by atoms with Crippen LogP contribution in [0.5, 0.6) is 0 Å². The van der Waals surface area contributed by atoms with Crippen LogP contribution < -0.4 is 0 Å². The second kappa shape index (κ2) is 5.77. The lowest BCUT2D eigenvalue weighted by molar-refractivity contribution is -0.142. The lowest BCUT2D eigenvalue weighted by Gasteiger charge is -2.02. The highest BCUT2D eigenvalue weighted by Crippen LogP contribution is 2.13. The van der Waals surface area contributed by atoms with Gasteiger partial charge in [-0.2, -0.15) is 4.36 Å². The molecule has 0 spiro atoms. The molecule has 6 heteroatoms. The van der Waals surface area contributed by atoms with Gasteiger partial charge in [-0.3, -0.25) is 4.79 Å². The molecule has 0 saturated carbocycles. The first kappa shape index (κ1) is 13.6. The van der Waals surface area contributed by atoms with Crippen molar-refractivity contribution in [2.24, 2.45) is 4.36 Å². The van der Waals surface area contributed by atoms with Gasteiger partial charge in [0.25, 0.3) is 0 Å². The van der Waals surface area contributed by atoms with E-state index in [2.05, 4.69) is 9.35 Å². The van der Waals surface area contributed by atoms with Crippen LogP contribution in [0.2, 0.25) is 0 Å². The highest BCUT2D eigenvalue weighted by atomic mass is 32.2. The summed E-state index contributed by atoms with van der Waals surface area (Å²) in [4.78, 5) is 15.3. The first-order chi connectivity index (χ1) is 7.90. The van der Waals surface area contributed by atoms with Crippen LogP contribution in [0.4, 0.5) is 5.82 Å². The predicted molar refractivity (Wildman–Crippen MR) is 66.7 cm³/mol. The van der Waals surface area contributed by atoms with Gasteiger partial charge < -0.3 is 4.74 Å². The minimum Gasteiger partial charge on any atom is -0.466 e. The van der Waals surface area contributed by atoms with Crippen molar-refractivity contribution in [3.8, 4) is 0 Å². The molecule has 1 aromatic rings. The Morgan fingerprint density at radius 1 is 1.53 bits per heavy atom. The van der Waals surface area contributed by atoms with Crippen LogP contribution in [-0.4, -0.2) is 34.3 Å². The van der Waals surface area contributed by atoms with Crippen molar-refractivity contribution in [3.05, 3.63) is 23.9 Å². The molecular formula is C11H16N2O3S. The summed E-state index contributed by atoms with van der Waals surface area (Å²) in [5.74, 6) is 0.0835. The van der Waals surface area contributed by atoms with Crippen molar-refractivity contribution >= 4 is 21.5 Å². The van der Waals surface area contributed by atoms with E-state index in [9.17, 15) is 9.00 Å². The molecule has 0 radical (unpaired) electrons. The number of carbonyl (C=O) groups is 1. The maximum Gasteiger partial charge on any atom is 0.310 e. The maximum atomic E-state index is 11.5. The van der Waals surface area contributed by atoms with Crippen molar-refractivity contribution in [2.45, 2.75) is 13.3 Å². The van der Waals surface area contributed by atoms with Crippen molar-refractivity contribution < 1.29 is 13.7 Å². The van der Waals surface area contributed by atoms with Crippen molar-refractivity contribution in [2.75, 3.05) is 19.1 Å². The molecule has 0 aliphatic carbocycles. The van der Waals surface area contributed by atoms with Gasteiger partial charge in [-0.1, -0.05) is 0 Å². The van der Waals surface area contributed by atoms with Crippen LogP contribution in [0.1, 0.15) is 12.5 Å². The van der Waals surface area contributed by atoms with Gasteiger partial charge in [0, 0.05) is 28.4 Å². The van der Waals surface area contributed by atoms with E-state index in [0.29, 0.717) is 12.4 Å². The SMILES string of the molecule is CCOC(=O)Cc1ccnc(N=S(C)(C)=O)c1. The third-order valence-electron chi connectivity index (χ3n) is 1.78. The van der Waals surface area contributed by atoms with Crippen molar-refractivity contribution in [1.82, 2.24) is 4.98 Å². The van der Waals surface area contributed by atoms with E-state index in [-0.39, 0.29) is 12.4 Å². The van der Waals surface area contributed by atoms with Gasteiger partial charge in [-0.05, 0) is 24.6 Å². The number of rotatable bonds is 4. The van der Waals surface area contributed by atoms with E-state index in [0.717, 1.165) is 5.56 Å². The largest absolute Gasteiger partial charge is 0.466 e. The lowest BCUT2D eigenvalue weighted by Crippen LogP contribution is -2.07. The fraction of sp³-hybridized carbons (Fsp3) is 0.455. The molecule has 0 amide bonds. The van der Waals surface area contributed by atoms with Crippen molar-refractivity contribution in [3.63, 3.8) is 0 Å². The molecule has 0 bridgehead atoms. The van der Waals surface area contributed by atoms with E-state index in [4.69, 9.17) is 4.74 Å². The van der Waals surface area contributed by atoms with Crippen LogP contribution in [0.25, 0.3) is 0 Å². The summed E-state index contributed by atoms with van der Waals surface area (Å²) in [5, 5.41) is 0. The third-order valence-corrected chi connectivity index (χ3v) is 2.40. The molecule has 0 saturated heterocycles. The second-order valence-corrected chi connectivity index (χ2v) is 6.32. The number of aromatic nitrogens is 1. The Kier molecular flexibility index (Phi) is 4.62. The summed E-state index contributed by atoms with van der Waals surface area (Å²) in [7, 11) is -2.24. The summed E-state index contributed by atoms with van der Waals surface area (Å²) in [5.41, 5.74) is 0.751. The van der Waals surface area contributed by atoms with Crippen LogP contribution in [0.15, 0.2) is 22.7 Å². The molecule has 1 rings (SSSR count). The van der Waals surface area contributed by atoms with Gasteiger partial charge in [0.15, 0.2) is 5.82 Å². The molecule has 0 N–H and O–H groups in total. The number of hydrogen-bond donors (Lipinski definition) is 0. The van der Waals surface area contributed by atoms with E-state index in [1.807, 2.05) is 0 Å². The lowest BCUT2D eigenvalue weighted by atomic mass is 10.2. The monoisotopic (exact) mass is 256 g/mol. The van der Waals surface area contributed by atoms with Crippen LogP contribution in [0.3, 0.4) is 0 Å². The Balaban J connectivity index is 2.87. The first-order valence-corrected chi connectivity index (χ1v) is 7.51. The Morgan fingerprint density at radius 2 is 2.24 bits per heavy atom. The smallest absolute Gasteiger partial charge is 0.310 e. The highest BCUT2D eigenvalue weighted by Gasteiger charge is 2.05. The molecule has 17 heavy (non-hydrogen) atoms. The van der Waals surface area contributed by atoms with Crippen LogP contribution in [-0.2, 0) is 25.7 Å². The number of nitrogens with zero attached hydrogens (tertiary/aromatic N) is 2. The maximum absolute atomic E-state index is 11.5. The van der Waals surface area contributed by atoms with Gasteiger partial charge in [-0.25, -0.2) is 9.19 Å². The molecule has 5 nitrogen and oxygen atoms in total. The van der Waals surface area contributed by atoms with Gasteiger partial charge in [0.1, 0.15) is 0 Å². The second-order valence-electron chi connectivity index (χ2n) is 3.78. The molecular weight excluding hydrogens is 240 g/mol. The molecule has 1 aromatic heterocycles. The molecule has 0 aliphatic rings. The highest BCUT2D eigenvalue weighted by molar-refractivity contribution is 7.92. The molecule has 0 aliphatic heterocycles. The average molecular weight is 256 g/mol. The number of ether oxygens (including phenoxy) is 1. The van der Waals surface area contributed by atoms with E-state index < -0.39 is 9.73 Å². The molecule has 1 heterocycles. The predicted octanol–water partition coefficient (Wildman–Crippen LogP) is 1.55. The van der Waals surface area contributed by atoms with Crippen LogP contribution >= 0.6 is 0 Å². The summed E-state index contributed by atoms with van der Waals surface area (Å²) >= 11 is 0. The fourth-order valence-corrected chi connectivity index (χ4v) is 1.77. The van der Waals surface area contributed by atoms with Crippen LogP contribution in [0, 0.1) is 0 Å². The summed E-state index contributed by atoms with van der Waals surface area (Å²) < 4.78 is 20.3. The number of pyridine rings is 1. The Bertz CT molecular complexity index is 511.